The molecule has 0 bridgehead atoms. The quantitative estimate of drug-likeness (QED) is 0.507. The molecule has 0 atom stereocenters. The molecule has 46 valence electrons. The molecule has 0 aliphatic heterocycles. The van der Waals surface area contributed by atoms with E-state index in [1.165, 1.54) is 12.8 Å². The fourth-order valence-electron chi connectivity index (χ4n) is 0.986. The van der Waals surface area contributed by atoms with Crippen LogP contribution in [0.3, 0.4) is 0 Å². The van der Waals surface area contributed by atoms with Crippen LogP contribution in [0.4, 0.5) is 0 Å². The lowest BCUT2D eigenvalue weighted by Gasteiger charge is -2.19. The van der Waals surface area contributed by atoms with Gasteiger partial charge in [-0.3, -0.25) is 0 Å². The van der Waals surface area contributed by atoms with Crippen molar-refractivity contribution < 1.29 is 0 Å². The van der Waals surface area contributed by atoms with E-state index in [-0.39, 0.29) is 0 Å². The monoisotopic (exact) mass is 111 g/mol. The van der Waals surface area contributed by atoms with Gasteiger partial charge in [-0.05, 0) is 24.8 Å². The summed E-state index contributed by atoms with van der Waals surface area (Å²) >= 11 is 0. The molecule has 1 aliphatic rings. The van der Waals surface area contributed by atoms with E-state index in [9.17, 15) is 0 Å². The van der Waals surface area contributed by atoms with Crippen molar-refractivity contribution in [1.82, 2.24) is 0 Å². The average Bonchev–Trinajstić information content (AvgIpc) is 2.17. The maximum atomic E-state index is 5.53. The molecule has 0 radical (unpaired) electrons. The lowest BCUT2D eigenvalue weighted by atomic mass is 9.88. The van der Waals surface area contributed by atoms with Gasteiger partial charge in [-0.25, -0.2) is 0 Å². The first-order chi connectivity index (χ1) is 3.77. The molecule has 8 heavy (non-hydrogen) atoms. The molecule has 0 aromatic rings. The van der Waals surface area contributed by atoms with Gasteiger partial charge in [-0.15, -0.1) is 0 Å². The Hall–Kier alpha value is -0.300. The van der Waals surface area contributed by atoms with E-state index in [1.807, 2.05) is 0 Å². The van der Waals surface area contributed by atoms with Crippen LogP contribution in [0, 0.1) is 5.41 Å². The molecule has 2 N–H and O–H groups in total. The Morgan fingerprint density at radius 1 is 1.50 bits per heavy atom. The van der Waals surface area contributed by atoms with E-state index in [0.29, 0.717) is 5.41 Å². The molecule has 0 fully saturated rings. The van der Waals surface area contributed by atoms with Gasteiger partial charge in [0.25, 0.3) is 0 Å². The first-order valence-corrected chi connectivity index (χ1v) is 3.12. The predicted molar refractivity (Wildman–Crippen MR) is 35.5 cm³/mol. The normalized spacial score (nSPS) is 24.2. The van der Waals surface area contributed by atoms with Gasteiger partial charge in [0, 0.05) is 0 Å². The molecule has 0 amide bonds. The van der Waals surface area contributed by atoms with Gasteiger partial charge in [0.05, 0.1) is 0 Å². The summed E-state index contributed by atoms with van der Waals surface area (Å²) in [5, 5.41) is 0. The van der Waals surface area contributed by atoms with Crippen LogP contribution in [0.15, 0.2) is 12.2 Å². The topological polar surface area (TPSA) is 26.0 Å². The van der Waals surface area contributed by atoms with Crippen molar-refractivity contribution in [3.63, 3.8) is 0 Å². The molecule has 0 saturated heterocycles. The average molecular weight is 111 g/mol. The second-order valence-corrected chi connectivity index (χ2v) is 2.89. The van der Waals surface area contributed by atoms with Crippen molar-refractivity contribution in [3.05, 3.63) is 12.2 Å². The van der Waals surface area contributed by atoms with Crippen molar-refractivity contribution in [1.29, 1.82) is 0 Å². The Labute approximate surface area is 50.6 Å². The van der Waals surface area contributed by atoms with Crippen molar-refractivity contribution in [2.75, 3.05) is 6.54 Å². The third-order valence-corrected chi connectivity index (χ3v) is 1.88. The molecule has 1 heteroatoms. The summed E-state index contributed by atoms with van der Waals surface area (Å²) < 4.78 is 0. The summed E-state index contributed by atoms with van der Waals surface area (Å²) in [6, 6.07) is 0. The molecule has 0 heterocycles. The van der Waals surface area contributed by atoms with Gasteiger partial charge in [-0.2, -0.15) is 0 Å². The van der Waals surface area contributed by atoms with E-state index in [4.69, 9.17) is 5.73 Å². The van der Waals surface area contributed by atoms with Crippen LogP contribution in [0.1, 0.15) is 19.8 Å². The lowest BCUT2D eigenvalue weighted by molar-refractivity contribution is 0.365. The summed E-state index contributed by atoms with van der Waals surface area (Å²) in [7, 11) is 0. The van der Waals surface area contributed by atoms with Gasteiger partial charge in [0.1, 0.15) is 0 Å². The zero-order chi connectivity index (χ0) is 6.04. The number of hydrogen-bond acceptors (Lipinski definition) is 1. The zero-order valence-corrected chi connectivity index (χ0v) is 5.35. The molecule has 1 nitrogen and oxygen atoms in total. The van der Waals surface area contributed by atoms with Gasteiger partial charge in [0.2, 0.25) is 0 Å². The highest BCUT2D eigenvalue weighted by Gasteiger charge is 2.22. The number of allylic oxidation sites excluding steroid dienone is 2. The summed E-state index contributed by atoms with van der Waals surface area (Å²) in [5.41, 5.74) is 5.93. The van der Waals surface area contributed by atoms with Crippen LogP contribution in [0.25, 0.3) is 0 Å². The van der Waals surface area contributed by atoms with Crippen LogP contribution < -0.4 is 5.73 Å². The summed E-state index contributed by atoms with van der Waals surface area (Å²) in [6.45, 7) is 3.05. The van der Waals surface area contributed by atoms with Gasteiger partial charge in [0.15, 0.2) is 0 Å². The molecule has 0 aromatic heterocycles. The first kappa shape index (κ1) is 5.83. The van der Waals surface area contributed by atoms with Gasteiger partial charge in [-0.1, -0.05) is 19.1 Å². The second-order valence-electron chi connectivity index (χ2n) is 2.89. The van der Waals surface area contributed by atoms with Gasteiger partial charge < -0.3 is 5.73 Å². The first-order valence-electron chi connectivity index (χ1n) is 3.12. The third kappa shape index (κ3) is 0.920. The summed E-state index contributed by atoms with van der Waals surface area (Å²) in [6.07, 6.45) is 6.77. The largest absolute Gasteiger partial charge is 0.330 e. The van der Waals surface area contributed by atoms with E-state index in [1.54, 1.807) is 0 Å². The smallest absolute Gasteiger partial charge is 0.00172 e. The molecule has 0 spiro atoms. The van der Waals surface area contributed by atoms with Crippen molar-refractivity contribution in [2.24, 2.45) is 11.1 Å². The standard InChI is InChI=1S/C7H13N/c1-7(6-8)4-2-3-5-7/h2-3H,4-6,8H2,1H3. The molecule has 0 saturated carbocycles. The lowest BCUT2D eigenvalue weighted by Crippen LogP contribution is -2.23. The Bertz CT molecular complexity index is 97.0. The predicted octanol–water partition coefficient (Wildman–Crippen LogP) is 1.30. The van der Waals surface area contributed by atoms with Crippen LogP contribution in [0.5, 0.6) is 0 Å². The fraction of sp³-hybridized carbons (Fsp3) is 0.714. The Morgan fingerprint density at radius 3 is 2.25 bits per heavy atom. The SMILES string of the molecule is CC1(CN)CC=CC1. The molecule has 1 rings (SSSR count). The summed E-state index contributed by atoms with van der Waals surface area (Å²) in [4.78, 5) is 0. The molecule has 0 unspecified atom stereocenters. The highest BCUT2D eigenvalue weighted by Crippen LogP contribution is 2.30. The van der Waals surface area contributed by atoms with E-state index in [2.05, 4.69) is 19.1 Å². The van der Waals surface area contributed by atoms with Crippen LogP contribution in [-0.4, -0.2) is 6.54 Å². The van der Waals surface area contributed by atoms with Crippen LogP contribution >= 0.6 is 0 Å². The Kier molecular flexibility index (Phi) is 1.39. The molecular formula is C7H13N. The fourth-order valence-corrected chi connectivity index (χ4v) is 0.986. The van der Waals surface area contributed by atoms with Gasteiger partial charge >= 0.3 is 0 Å². The van der Waals surface area contributed by atoms with Crippen LogP contribution in [0.2, 0.25) is 0 Å². The molecular weight excluding hydrogens is 98.1 g/mol. The van der Waals surface area contributed by atoms with Crippen molar-refractivity contribution in [3.8, 4) is 0 Å². The maximum Gasteiger partial charge on any atom is -0.00172 e. The third-order valence-electron chi connectivity index (χ3n) is 1.88. The Morgan fingerprint density at radius 2 is 2.00 bits per heavy atom. The molecule has 1 aliphatic carbocycles. The minimum Gasteiger partial charge on any atom is -0.330 e. The van der Waals surface area contributed by atoms with E-state index < -0.39 is 0 Å². The minimum atomic E-state index is 0.403. The number of nitrogens with two attached hydrogens (primary N) is 1. The van der Waals surface area contributed by atoms with Crippen molar-refractivity contribution in [2.45, 2.75) is 19.8 Å². The van der Waals surface area contributed by atoms with E-state index >= 15 is 0 Å². The highest BCUT2D eigenvalue weighted by molar-refractivity contribution is 5.01. The molecule has 0 aromatic carbocycles. The van der Waals surface area contributed by atoms with Crippen molar-refractivity contribution >= 4 is 0 Å². The zero-order valence-electron chi connectivity index (χ0n) is 5.35. The number of rotatable bonds is 1. The minimum absolute atomic E-state index is 0.403. The second kappa shape index (κ2) is 1.90. The maximum absolute atomic E-state index is 5.53. The van der Waals surface area contributed by atoms with E-state index in [0.717, 1.165) is 6.54 Å². The highest BCUT2D eigenvalue weighted by atomic mass is 14.6. The number of hydrogen-bond donors (Lipinski definition) is 1. The Balaban J connectivity index is 2.46. The summed E-state index contributed by atoms with van der Waals surface area (Å²) in [5.74, 6) is 0. The van der Waals surface area contributed by atoms with Crippen LogP contribution in [-0.2, 0) is 0 Å².